The molecule has 0 heterocycles. The van der Waals surface area contributed by atoms with Crippen LogP contribution >= 0.6 is 8.60 Å². The molecule has 0 radical (unpaired) electrons. The second-order valence-electron chi connectivity index (χ2n) is 11.8. The minimum atomic E-state index is -2.00. The molecule has 7 heteroatoms. The number of benzene rings is 6. The SMILES string of the molecule is CC(C)(C)OC(=O)Oc1ccccc1-c1ccccc1OP(Oc1ccc(-c2ccccc2)cc1)Oc1ccc(-c2ccccc2)cc1. The molecule has 6 aromatic carbocycles. The maximum absolute atomic E-state index is 12.6. The molecule has 0 aliphatic heterocycles. The molecule has 0 spiro atoms. The predicted molar refractivity (Wildman–Crippen MR) is 191 cm³/mol. The van der Waals surface area contributed by atoms with E-state index in [1.165, 1.54) is 0 Å². The third kappa shape index (κ3) is 8.61. The molecule has 6 aromatic rings. The number of para-hydroxylation sites is 2. The molecule has 48 heavy (non-hydrogen) atoms. The Balaban J connectivity index is 1.29. The average Bonchev–Trinajstić information content (AvgIpc) is 3.09. The van der Waals surface area contributed by atoms with Crippen LogP contribution in [0.15, 0.2) is 158 Å². The molecule has 0 aliphatic rings. The second kappa shape index (κ2) is 14.9. The van der Waals surface area contributed by atoms with Gasteiger partial charge in [-0.3, -0.25) is 0 Å². The Labute approximate surface area is 282 Å². The standard InChI is InChI=1S/C41H35O6P/c1-41(2,3)44-40(42)43-38-20-12-10-18-36(38)37-19-11-13-21-39(37)47-48(45-34-26-22-32(23-27-34)30-14-6-4-7-15-30)46-35-28-24-33(25-29-35)31-16-8-5-9-17-31/h4-29H,1-3H3. The van der Waals surface area contributed by atoms with E-state index < -0.39 is 20.4 Å². The van der Waals surface area contributed by atoms with E-state index in [4.69, 9.17) is 23.0 Å². The fraction of sp³-hybridized carbons (Fsp3) is 0.0976. The Morgan fingerprint density at radius 1 is 0.458 bits per heavy atom. The van der Waals surface area contributed by atoms with Crippen LogP contribution in [0.25, 0.3) is 33.4 Å². The van der Waals surface area contributed by atoms with Gasteiger partial charge in [0, 0.05) is 11.1 Å². The van der Waals surface area contributed by atoms with Gasteiger partial charge in [0.2, 0.25) is 0 Å². The molecule has 0 N–H and O–H groups in total. The lowest BCUT2D eigenvalue weighted by Gasteiger charge is -2.21. The normalized spacial score (nSPS) is 11.1. The van der Waals surface area contributed by atoms with Crippen molar-refractivity contribution in [2.24, 2.45) is 0 Å². The Kier molecular flexibility index (Phi) is 10.0. The third-order valence-corrected chi connectivity index (χ3v) is 8.17. The van der Waals surface area contributed by atoms with Crippen molar-refractivity contribution in [2.45, 2.75) is 26.4 Å². The summed E-state index contributed by atoms with van der Waals surface area (Å²) in [5.41, 5.74) is 4.99. The lowest BCUT2D eigenvalue weighted by Crippen LogP contribution is -2.26. The zero-order valence-corrected chi connectivity index (χ0v) is 27.8. The predicted octanol–water partition coefficient (Wildman–Crippen LogP) is 11.8. The number of rotatable bonds is 10. The summed E-state index contributed by atoms with van der Waals surface area (Å²) < 4.78 is 30.3. The lowest BCUT2D eigenvalue weighted by molar-refractivity contribution is 0.0207. The van der Waals surface area contributed by atoms with Crippen molar-refractivity contribution in [1.82, 2.24) is 0 Å². The van der Waals surface area contributed by atoms with Crippen molar-refractivity contribution >= 4 is 14.8 Å². The largest absolute Gasteiger partial charge is 0.530 e. The van der Waals surface area contributed by atoms with Crippen LogP contribution in [-0.2, 0) is 4.74 Å². The molecule has 0 bridgehead atoms. The van der Waals surface area contributed by atoms with Gasteiger partial charge in [0.15, 0.2) is 0 Å². The van der Waals surface area contributed by atoms with Crippen LogP contribution in [-0.4, -0.2) is 11.8 Å². The molecule has 0 saturated heterocycles. The fourth-order valence-corrected chi connectivity index (χ4v) is 5.91. The lowest BCUT2D eigenvalue weighted by atomic mass is 10.0. The summed E-state index contributed by atoms with van der Waals surface area (Å²) in [7, 11) is -2.00. The van der Waals surface area contributed by atoms with E-state index in [2.05, 4.69) is 24.3 Å². The van der Waals surface area contributed by atoms with E-state index in [1.807, 2.05) is 121 Å². The summed E-state index contributed by atoms with van der Waals surface area (Å²) in [6.07, 6.45) is -0.792. The maximum atomic E-state index is 12.6. The van der Waals surface area contributed by atoms with Crippen molar-refractivity contribution < 1.29 is 27.8 Å². The number of carbonyl (C=O) groups is 1. The van der Waals surface area contributed by atoms with Gasteiger partial charge in [-0.05, 0) is 79.4 Å². The highest BCUT2D eigenvalue weighted by Crippen LogP contribution is 2.46. The highest BCUT2D eigenvalue weighted by molar-refractivity contribution is 7.43. The van der Waals surface area contributed by atoms with Crippen molar-refractivity contribution in [3.63, 3.8) is 0 Å². The molecule has 0 unspecified atom stereocenters. The number of ether oxygens (including phenoxy) is 2. The zero-order valence-electron chi connectivity index (χ0n) is 26.9. The molecule has 0 fully saturated rings. The van der Waals surface area contributed by atoms with Crippen molar-refractivity contribution in [3.05, 3.63) is 158 Å². The minimum Gasteiger partial charge on any atom is -0.428 e. The van der Waals surface area contributed by atoms with Crippen LogP contribution < -0.4 is 18.3 Å². The molecule has 0 saturated carbocycles. The molecule has 0 amide bonds. The summed E-state index contributed by atoms with van der Waals surface area (Å²) in [6.45, 7) is 5.36. The Morgan fingerprint density at radius 2 is 0.854 bits per heavy atom. The number of hydrogen-bond acceptors (Lipinski definition) is 6. The average molecular weight is 655 g/mol. The Bertz CT molecular complexity index is 1850. The molecule has 0 atom stereocenters. The molecule has 0 aliphatic carbocycles. The number of carbonyl (C=O) groups excluding carboxylic acids is 1. The molecule has 6 rings (SSSR count). The third-order valence-electron chi connectivity index (χ3n) is 7.10. The molecule has 240 valence electrons. The molecule has 0 aromatic heterocycles. The first-order valence-corrected chi connectivity index (χ1v) is 16.6. The van der Waals surface area contributed by atoms with Gasteiger partial charge in [-0.1, -0.05) is 121 Å². The smallest absolute Gasteiger partial charge is 0.428 e. The topological polar surface area (TPSA) is 63.2 Å². The van der Waals surface area contributed by atoms with Gasteiger partial charge in [0.05, 0.1) is 0 Å². The minimum absolute atomic E-state index is 0.335. The van der Waals surface area contributed by atoms with Crippen LogP contribution in [0.3, 0.4) is 0 Å². The summed E-state index contributed by atoms with van der Waals surface area (Å²) in [5, 5.41) is 0. The summed E-state index contributed by atoms with van der Waals surface area (Å²) in [5.74, 6) is 2.01. The first-order valence-electron chi connectivity index (χ1n) is 15.5. The molecular formula is C41H35O6P. The fourth-order valence-electron chi connectivity index (χ4n) is 4.89. The first-order chi connectivity index (χ1) is 23.3. The van der Waals surface area contributed by atoms with Crippen LogP contribution in [0.5, 0.6) is 23.0 Å². The summed E-state index contributed by atoms with van der Waals surface area (Å²) in [6, 6.07) is 50.6. The van der Waals surface area contributed by atoms with Gasteiger partial charge < -0.3 is 23.0 Å². The Morgan fingerprint density at radius 3 is 1.33 bits per heavy atom. The van der Waals surface area contributed by atoms with Crippen LogP contribution in [0, 0.1) is 0 Å². The van der Waals surface area contributed by atoms with E-state index in [0.717, 1.165) is 22.3 Å². The van der Waals surface area contributed by atoms with Crippen molar-refractivity contribution in [3.8, 4) is 56.4 Å². The first kappa shape index (κ1) is 32.4. The van der Waals surface area contributed by atoms with Crippen LogP contribution in [0.4, 0.5) is 4.79 Å². The zero-order chi connectivity index (χ0) is 33.3. The summed E-state index contributed by atoms with van der Waals surface area (Å²) >= 11 is 0. The van der Waals surface area contributed by atoms with Gasteiger partial charge in [0.25, 0.3) is 0 Å². The second-order valence-corrected chi connectivity index (χ2v) is 12.8. The van der Waals surface area contributed by atoms with Gasteiger partial charge in [-0.2, -0.15) is 0 Å². The van der Waals surface area contributed by atoms with Crippen LogP contribution in [0.2, 0.25) is 0 Å². The maximum Gasteiger partial charge on any atom is 0.530 e. The Hall–Kier alpha value is -5.58. The van der Waals surface area contributed by atoms with E-state index in [0.29, 0.717) is 34.1 Å². The molecular weight excluding hydrogens is 619 g/mol. The van der Waals surface area contributed by atoms with Crippen molar-refractivity contribution in [2.75, 3.05) is 0 Å². The van der Waals surface area contributed by atoms with Crippen molar-refractivity contribution in [1.29, 1.82) is 0 Å². The monoisotopic (exact) mass is 654 g/mol. The van der Waals surface area contributed by atoms with E-state index in [1.54, 1.807) is 32.9 Å². The van der Waals surface area contributed by atoms with E-state index >= 15 is 0 Å². The highest BCUT2D eigenvalue weighted by atomic mass is 31.2. The van der Waals surface area contributed by atoms with E-state index in [-0.39, 0.29) is 0 Å². The quantitative estimate of drug-likeness (QED) is 0.0832. The van der Waals surface area contributed by atoms with Crippen LogP contribution in [0.1, 0.15) is 20.8 Å². The molecule has 6 nitrogen and oxygen atoms in total. The summed E-state index contributed by atoms with van der Waals surface area (Å²) in [4.78, 5) is 12.6. The van der Waals surface area contributed by atoms with Gasteiger partial charge in [-0.25, -0.2) is 4.79 Å². The number of hydrogen-bond donors (Lipinski definition) is 0. The van der Waals surface area contributed by atoms with Gasteiger partial charge in [-0.15, -0.1) is 0 Å². The van der Waals surface area contributed by atoms with E-state index in [9.17, 15) is 4.79 Å². The van der Waals surface area contributed by atoms with Gasteiger partial charge >= 0.3 is 14.8 Å². The highest BCUT2D eigenvalue weighted by Gasteiger charge is 2.24. The van der Waals surface area contributed by atoms with Gasteiger partial charge in [0.1, 0.15) is 28.6 Å².